The third-order valence-electron chi connectivity index (χ3n) is 5.46. The Balaban J connectivity index is 1.73. The van der Waals surface area contributed by atoms with E-state index in [0.29, 0.717) is 30.1 Å². The number of aromatic amines is 1. The van der Waals surface area contributed by atoms with Gasteiger partial charge >= 0.3 is 0 Å². The lowest BCUT2D eigenvalue weighted by Gasteiger charge is -2.20. The van der Waals surface area contributed by atoms with Crippen molar-refractivity contribution < 1.29 is 14.3 Å². The summed E-state index contributed by atoms with van der Waals surface area (Å²) in [5, 5.41) is 13.2. The Labute approximate surface area is 193 Å². The zero-order chi connectivity index (χ0) is 24.0. The van der Waals surface area contributed by atoms with Crippen LogP contribution in [0.2, 0.25) is 0 Å². The fourth-order valence-corrected chi connectivity index (χ4v) is 3.85. The molecule has 3 rings (SSSR count). The molecule has 0 saturated heterocycles. The molecule has 0 bridgehead atoms. The Morgan fingerprint density at radius 3 is 2.70 bits per heavy atom. The average Bonchev–Trinajstić information content (AvgIpc) is 3.24. The van der Waals surface area contributed by atoms with Gasteiger partial charge in [0.05, 0.1) is 18.9 Å². The van der Waals surface area contributed by atoms with Gasteiger partial charge in [-0.3, -0.25) is 9.59 Å². The van der Waals surface area contributed by atoms with Crippen LogP contribution in [0.25, 0.3) is 10.9 Å². The number of fused-ring (bicyclic) bond motifs is 1. The lowest BCUT2D eigenvalue weighted by atomic mass is 9.90. The molecule has 2 atom stereocenters. The second kappa shape index (κ2) is 10.6. The van der Waals surface area contributed by atoms with Crippen molar-refractivity contribution in [3.63, 3.8) is 0 Å². The molecule has 0 spiro atoms. The zero-order valence-corrected chi connectivity index (χ0v) is 19.1. The molecule has 0 radical (unpaired) electrons. The second-order valence-corrected chi connectivity index (χ2v) is 8.54. The quantitative estimate of drug-likeness (QED) is 0.406. The molecule has 33 heavy (non-hydrogen) atoms. The van der Waals surface area contributed by atoms with E-state index in [9.17, 15) is 14.9 Å². The van der Waals surface area contributed by atoms with E-state index in [1.165, 1.54) is 0 Å². The highest BCUT2D eigenvalue weighted by Crippen LogP contribution is 2.27. The number of pyridine rings is 1. The van der Waals surface area contributed by atoms with E-state index in [0.717, 1.165) is 16.5 Å². The van der Waals surface area contributed by atoms with Crippen molar-refractivity contribution in [3.8, 4) is 11.8 Å². The van der Waals surface area contributed by atoms with E-state index >= 15 is 0 Å². The smallest absolute Gasteiger partial charge is 0.224 e. The van der Waals surface area contributed by atoms with Gasteiger partial charge in [0.1, 0.15) is 17.6 Å². The summed E-state index contributed by atoms with van der Waals surface area (Å²) in [6.07, 6.45) is 2.47. The number of nitrogens with zero attached hydrogens (tertiary/aromatic N) is 2. The number of anilines is 1. The highest BCUT2D eigenvalue weighted by Gasteiger charge is 2.26. The molecule has 0 aliphatic carbocycles. The Bertz CT molecular complexity index is 1160. The molecular formula is C25H29N5O3. The number of carbonyl (C=O) groups is 2. The van der Waals surface area contributed by atoms with Gasteiger partial charge in [-0.05, 0) is 42.2 Å². The minimum atomic E-state index is -0.731. The molecule has 8 heteroatoms. The number of benzene rings is 1. The summed E-state index contributed by atoms with van der Waals surface area (Å²) in [4.78, 5) is 33.3. The van der Waals surface area contributed by atoms with E-state index in [4.69, 9.17) is 10.5 Å². The number of aromatic nitrogens is 2. The van der Waals surface area contributed by atoms with Gasteiger partial charge in [0, 0.05) is 35.9 Å². The summed E-state index contributed by atoms with van der Waals surface area (Å²) in [7, 11) is 1.58. The average molecular weight is 448 g/mol. The number of amides is 1. The molecule has 2 aromatic heterocycles. The van der Waals surface area contributed by atoms with Crippen LogP contribution in [0.1, 0.15) is 42.7 Å². The van der Waals surface area contributed by atoms with Crippen molar-refractivity contribution in [1.82, 2.24) is 15.3 Å². The maximum Gasteiger partial charge on any atom is 0.224 e. The van der Waals surface area contributed by atoms with Crippen LogP contribution in [-0.4, -0.2) is 34.8 Å². The van der Waals surface area contributed by atoms with Crippen LogP contribution in [0.3, 0.4) is 0 Å². The van der Waals surface area contributed by atoms with Gasteiger partial charge in [-0.25, -0.2) is 4.98 Å². The fraction of sp³-hybridized carbons (Fsp3) is 0.360. The van der Waals surface area contributed by atoms with E-state index in [1.807, 2.05) is 32.0 Å². The number of nitrogens with one attached hydrogen (secondary N) is 2. The van der Waals surface area contributed by atoms with Crippen molar-refractivity contribution in [2.75, 3.05) is 12.8 Å². The van der Waals surface area contributed by atoms with Gasteiger partial charge in [0.15, 0.2) is 5.78 Å². The largest absolute Gasteiger partial charge is 0.496 e. The van der Waals surface area contributed by atoms with Crippen LogP contribution < -0.4 is 15.8 Å². The number of methoxy groups -OCH3 is 1. The summed E-state index contributed by atoms with van der Waals surface area (Å²) >= 11 is 0. The Morgan fingerprint density at radius 1 is 1.27 bits per heavy atom. The summed E-state index contributed by atoms with van der Waals surface area (Å²) in [6, 6.07) is 12.1. The molecule has 0 unspecified atom stereocenters. The maximum atomic E-state index is 13.1. The van der Waals surface area contributed by atoms with Gasteiger partial charge in [-0.2, -0.15) is 5.26 Å². The lowest BCUT2D eigenvalue weighted by Crippen LogP contribution is -2.40. The minimum Gasteiger partial charge on any atom is -0.496 e. The summed E-state index contributed by atoms with van der Waals surface area (Å²) < 4.78 is 5.37. The SMILES string of the molecule is COc1cccc2[nH]c(C(=O)C[C@@H](CC(C)C)C(=O)N[C@H](C#N)Cc3ccc(N)nc3)cc12. The van der Waals surface area contributed by atoms with Crippen molar-refractivity contribution >= 4 is 28.4 Å². The first-order valence-electron chi connectivity index (χ1n) is 10.9. The molecule has 1 amide bonds. The Kier molecular flexibility index (Phi) is 7.67. The van der Waals surface area contributed by atoms with Crippen LogP contribution in [0, 0.1) is 23.2 Å². The summed E-state index contributed by atoms with van der Waals surface area (Å²) in [5.74, 6) is 0.255. The predicted octanol–water partition coefficient (Wildman–Crippen LogP) is 3.64. The van der Waals surface area contributed by atoms with E-state index < -0.39 is 12.0 Å². The molecule has 3 aromatic rings. The van der Waals surface area contributed by atoms with Gasteiger partial charge in [-0.1, -0.05) is 26.0 Å². The number of nitrogen functional groups attached to an aromatic ring is 1. The van der Waals surface area contributed by atoms with Crippen molar-refractivity contribution in [3.05, 3.63) is 53.9 Å². The Hall–Kier alpha value is -3.86. The molecule has 0 fully saturated rings. The number of ketones is 1. The Morgan fingerprint density at radius 2 is 2.06 bits per heavy atom. The van der Waals surface area contributed by atoms with Gasteiger partial charge in [-0.15, -0.1) is 0 Å². The molecule has 8 nitrogen and oxygen atoms in total. The first kappa shape index (κ1) is 23.8. The standard InChI is InChI=1S/C25H29N5O3/c1-15(2)9-17(25(32)29-18(13-26)10-16-7-8-24(27)28-14-16)11-22(31)21-12-19-20(30-21)5-4-6-23(19)33-3/h4-8,12,14-15,17-18,30H,9-11H2,1-3H3,(H2,27,28)(H,29,32)/t17-,18+/m1/s1. The third kappa shape index (κ3) is 6.10. The monoisotopic (exact) mass is 447 g/mol. The van der Waals surface area contributed by atoms with Crippen molar-refractivity contribution in [1.29, 1.82) is 5.26 Å². The van der Waals surface area contributed by atoms with Crippen LogP contribution in [-0.2, 0) is 11.2 Å². The van der Waals surface area contributed by atoms with Gasteiger partial charge < -0.3 is 20.8 Å². The predicted molar refractivity (Wildman–Crippen MR) is 127 cm³/mol. The normalized spacial score (nSPS) is 12.8. The lowest BCUT2D eigenvalue weighted by molar-refractivity contribution is -0.125. The molecule has 1 aromatic carbocycles. The number of Topliss-reactive ketones (excluding diaryl/α,β-unsaturated/α-hetero) is 1. The topological polar surface area (TPSA) is 134 Å². The third-order valence-corrected chi connectivity index (χ3v) is 5.46. The molecule has 4 N–H and O–H groups in total. The van der Waals surface area contributed by atoms with E-state index in [2.05, 4.69) is 21.4 Å². The van der Waals surface area contributed by atoms with Crippen molar-refractivity contribution in [2.45, 2.75) is 39.2 Å². The van der Waals surface area contributed by atoms with E-state index in [-0.39, 0.29) is 24.0 Å². The number of ether oxygens (including phenoxy) is 1. The minimum absolute atomic E-state index is 0.0424. The molecule has 2 heterocycles. The van der Waals surface area contributed by atoms with Gasteiger partial charge in [0.2, 0.25) is 5.91 Å². The number of hydrogen-bond acceptors (Lipinski definition) is 6. The summed E-state index contributed by atoms with van der Waals surface area (Å²) in [5.41, 5.74) is 7.62. The highest BCUT2D eigenvalue weighted by atomic mass is 16.5. The maximum absolute atomic E-state index is 13.1. The van der Waals surface area contributed by atoms with Crippen molar-refractivity contribution in [2.24, 2.45) is 11.8 Å². The molecular weight excluding hydrogens is 418 g/mol. The van der Waals surface area contributed by atoms with Crippen LogP contribution >= 0.6 is 0 Å². The molecule has 0 aliphatic rings. The van der Waals surface area contributed by atoms with E-state index in [1.54, 1.807) is 31.5 Å². The zero-order valence-electron chi connectivity index (χ0n) is 19.1. The molecule has 0 saturated carbocycles. The number of nitriles is 1. The first-order chi connectivity index (χ1) is 15.8. The number of rotatable bonds is 10. The highest BCUT2D eigenvalue weighted by molar-refractivity contribution is 6.02. The first-order valence-corrected chi connectivity index (χ1v) is 10.9. The molecule has 172 valence electrons. The van der Waals surface area contributed by atoms with Crippen LogP contribution in [0.4, 0.5) is 5.82 Å². The number of H-pyrrole nitrogens is 1. The second-order valence-electron chi connectivity index (χ2n) is 8.54. The fourth-order valence-electron chi connectivity index (χ4n) is 3.85. The van der Waals surface area contributed by atoms with Gasteiger partial charge in [0.25, 0.3) is 0 Å². The number of hydrogen-bond donors (Lipinski definition) is 3. The summed E-state index contributed by atoms with van der Waals surface area (Å²) in [6.45, 7) is 4.00. The van der Waals surface area contributed by atoms with Crippen LogP contribution in [0.5, 0.6) is 5.75 Å². The number of carbonyl (C=O) groups excluding carboxylic acids is 2. The number of nitrogens with two attached hydrogens (primary N) is 1. The molecule has 0 aliphatic heterocycles. The van der Waals surface area contributed by atoms with Crippen LogP contribution in [0.15, 0.2) is 42.6 Å².